The largest absolute Gasteiger partial charge is 0.477 e. The highest BCUT2D eigenvalue weighted by molar-refractivity contribution is 5.86. The molecule has 0 amide bonds. The minimum atomic E-state index is -1.04. The molecule has 0 bridgehead atoms. The van der Waals surface area contributed by atoms with E-state index in [1.165, 1.54) is 12.4 Å². The zero-order valence-electron chi connectivity index (χ0n) is 8.97. The van der Waals surface area contributed by atoms with Crippen LogP contribution in [0.5, 0.6) is 0 Å². The molecule has 1 aromatic rings. The van der Waals surface area contributed by atoms with Gasteiger partial charge in [0, 0.05) is 11.6 Å². The lowest BCUT2D eigenvalue weighted by atomic mass is 10.00. The van der Waals surface area contributed by atoms with Gasteiger partial charge in [0.2, 0.25) is 0 Å². The molecule has 1 heterocycles. The van der Waals surface area contributed by atoms with E-state index in [1.807, 2.05) is 0 Å². The molecule has 2 rings (SSSR count). The van der Waals surface area contributed by atoms with Crippen molar-refractivity contribution in [1.29, 1.82) is 0 Å². The highest BCUT2D eigenvalue weighted by Crippen LogP contribution is 2.26. The molecular weight excluding hydrogens is 206 g/mol. The average molecular weight is 219 g/mol. The Kier molecular flexibility index (Phi) is 2.60. The summed E-state index contributed by atoms with van der Waals surface area (Å²) in [5.41, 5.74) is -0.0588. The van der Waals surface area contributed by atoms with Crippen LogP contribution in [0.15, 0.2) is 24.5 Å². The molecule has 0 atom stereocenters. The third-order valence-electron chi connectivity index (χ3n) is 2.62. The topological polar surface area (TPSA) is 75.1 Å². The Balaban J connectivity index is 2.15. The van der Waals surface area contributed by atoms with Crippen molar-refractivity contribution in [2.24, 2.45) is 0 Å². The van der Waals surface area contributed by atoms with Crippen molar-refractivity contribution in [3.8, 4) is 0 Å². The van der Waals surface area contributed by atoms with Crippen LogP contribution < -0.4 is 5.32 Å². The monoisotopic (exact) mass is 219 g/mol. The van der Waals surface area contributed by atoms with Gasteiger partial charge >= 0.3 is 5.97 Å². The number of hydrogen-bond donors (Lipinski definition) is 2. The lowest BCUT2D eigenvalue weighted by Gasteiger charge is -2.25. The number of rotatable bonds is 3. The van der Waals surface area contributed by atoms with E-state index in [4.69, 9.17) is 5.11 Å². The van der Waals surface area contributed by atoms with Crippen LogP contribution in [-0.2, 0) is 0 Å². The molecule has 16 heavy (non-hydrogen) atoms. The van der Waals surface area contributed by atoms with Gasteiger partial charge in [-0.3, -0.25) is 0 Å². The van der Waals surface area contributed by atoms with Gasteiger partial charge in [-0.05, 0) is 19.8 Å². The maximum atomic E-state index is 10.7. The minimum absolute atomic E-state index is 0.00653. The summed E-state index contributed by atoms with van der Waals surface area (Å²) >= 11 is 0. The highest BCUT2D eigenvalue weighted by atomic mass is 16.4. The highest BCUT2D eigenvalue weighted by Gasteiger charge is 2.25. The van der Waals surface area contributed by atoms with Crippen LogP contribution in [0, 0.1) is 0 Å². The second-order valence-corrected chi connectivity index (χ2v) is 4.16. The summed E-state index contributed by atoms with van der Waals surface area (Å²) in [5, 5.41) is 12.0. The van der Waals surface area contributed by atoms with E-state index in [1.54, 1.807) is 0 Å². The van der Waals surface area contributed by atoms with Crippen molar-refractivity contribution in [2.75, 3.05) is 5.32 Å². The quantitative estimate of drug-likeness (QED) is 0.757. The second kappa shape index (κ2) is 3.92. The molecule has 1 aliphatic carbocycles. The van der Waals surface area contributed by atoms with Gasteiger partial charge in [0.25, 0.3) is 0 Å². The van der Waals surface area contributed by atoms with Crippen LogP contribution in [0.2, 0.25) is 0 Å². The summed E-state index contributed by atoms with van der Waals surface area (Å²) < 4.78 is 0. The lowest BCUT2D eigenvalue weighted by Crippen LogP contribution is -2.31. The first-order valence-corrected chi connectivity index (χ1v) is 5.08. The Morgan fingerprint density at radius 1 is 1.44 bits per heavy atom. The molecule has 0 spiro atoms. The zero-order chi connectivity index (χ0) is 11.6. The van der Waals surface area contributed by atoms with Crippen LogP contribution in [0.1, 0.15) is 30.3 Å². The number of nitrogens with zero attached hydrogens (tertiary/aromatic N) is 2. The van der Waals surface area contributed by atoms with E-state index in [9.17, 15) is 4.79 Å². The summed E-state index contributed by atoms with van der Waals surface area (Å²) in [4.78, 5) is 18.4. The molecule has 5 heteroatoms. The second-order valence-electron chi connectivity index (χ2n) is 4.16. The van der Waals surface area contributed by atoms with Crippen molar-refractivity contribution in [1.82, 2.24) is 9.97 Å². The van der Waals surface area contributed by atoms with Gasteiger partial charge in [0.15, 0.2) is 5.69 Å². The normalized spacial score (nSPS) is 17.3. The van der Waals surface area contributed by atoms with Crippen molar-refractivity contribution >= 4 is 11.8 Å². The first kappa shape index (κ1) is 10.6. The van der Waals surface area contributed by atoms with Gasteiger partial charge in [-0.2, -0.15) is 0 Å². The predicted octanol–water partition coefficient (Wildman–Crippen LogP) is 1.70. The number of aromatic nitrogens is 2. The number of carboxylic acid groups (broad SMARTS) is 1. The lowest BCUT2D eigenvalue weighted by molar-refractivity contribution is 0.0690. The fourth-order valence-electron chi connectivity index (χ4n) is 1.72. The van der Waals surface area contributed by atoms with E-state index in [-0.39, 0.29) is 11.2 Å². The zero-order valence-corrected chi connectivity index (χ0v) is 8.97. The third kappa shape index (κ3) is 2.18. The van der Waals surface area contributed by atoms with Crippen molar-refractivity contribution < 1.29 is 9.90 Å². The molecule has 0 saturated heterocycles. The van der Waals surface area contributed by atoms with E-state index in [0.717, 1.165) is 12.8 Å². The van der Waals surface area contributed by atoms with Crippen molar-refractivity contribution in [3.05, 3.63) is 30.2 Å². The number of anilines is 1. The van der Waals surface area contributed by atoms with E-state index in [0.29, 0.717) is 5.82 Å². The van der Waals surface area contributed by atoms with Gasteiger partial charge in [-0.25, -0.2) is 14.8 Å². The summed E-state index contributed by atoms with van der Waals surface area (Å²) in [5.74, 6) is -0.487. The van der Waals surface area contributed by atoms with Crippen LogP contribution in [-0.4, -0.2) is 26.6 Å². The maximum absolute atomic E-state index is 10.7. The summed E-state index contributed by atoms with van der Waals surface area (Å²) in [6, 6.07) is 1.45. The minimum Gasteiger partial charge on any atom is -0.477 e. The number of carbonyl (C=O) groups is 1. The van der Waals surface area contributed by atoms with Crippen LogP contribution >= 0.6 is 0 Å². The Bertz CT molecular complexity index is 435. The van der Waals surface area contributed by atoms with Gasteiger partial charge in [-0.1, -0.05) is 12.2 Å². The fourth-order valence-corrected chi connectivity index (χ4v) is 1.72. The number of aromatic carboxylic acids is 1. The van der Waals surface area contributed by atoms with Gasteiger partial charge in [0.05, 0.1) is 0 Å². The molecule has 1 aliphatic rings. The Hall–Kier alpha value is -1.91. The van der Waals surface area contributed by atoms with Crippen molar-refractivity contribution in [2.45, 2.75) is 25.3 Å². The summed E-state index contributed by atoms with van der Waals surface area (Å²) in [7, 11) is 0. The Morgan fingerprint density at radius 3 is 2.75 bits per heavy atom. The number of carboxylic acids is 1. The summed E-state index contributed by atoms with van der Waals surface area (Å²) in [6.07, 6.45) is 7.30. The fraction of sp³-hybridized carbons (Fsp3) is 0.364. The van der Waals surface area contributed by atoms with Gasteiger partial charge in [0.1, 0.15) is 12.1 Å². The standard InChI is InChI=1S/C11H13N3O2/c1-11(4-2-3-5-11)14-9-6-8(10(15)16)12-7-13-9/h2-3,6-7H,4-5H2,1H3,(H,15,16)(H,12,13,14). The SMILES string of the molecule is CC1(Nc2cc(C(=O)O)ncn2)CC=CC1. The summed E-state index contributed by atoms with van der Waals surface area (Å²) in [6.45, 7) is 2.08. The number of hydrogen-bond acceptors (Lipinski definition) is 4. The van der Waals surface area contributed by atoms with Gasteiger partial charge in [-0.15, -0.1) is 0 Å². The van der Waals surface area contributed by atoms with Crippen molar-refractivity contribution in [3.63, 3.8) is 0 Å². The number of nitrogens with one attached hydrogen (secondary N) is 1. The third-order valence-corrected chi connectivity index (χ3v) is 2.62. The maximum Gasteiger partial charge on any atom is 0.354 e. The van der Waals surface area contributed by atoms with Crippen LogP contribution in [0.4, 0.5) is 5.82 Å². The molecule has 0 aromatic carbocycles. The molecule has 5 nitrogen and oxygen atoms in total. The molecule has 0 aliphatic heterocycles. The van der Waals surface area contributed by atoms with E-state index >= 15 is 0 Å². The van der Waals surface area contributed by atoms with E-state index < -0.39 is 5.97 Å². The molecule has 1 aromatic heterocycles. The first-order valence-electron chi connectivity index (χ1n) is 5.08. The molecule has 0 fully saturated rings. The predicted molar refractivity (Wildman–Crippen MR) is 59.4 cm³/mol. The van der Waals surface area contributed by atoms with E-state index in [2.05, 4.69) is 34.4 Å². The molecular formula is C11H13N3O2. The Labute approximate surface area is 93.2 Å². The average Bonchev–Trinajstić information content (AvgIpc) is 2.65. The molecule has 84 valence electrons. The van der Waals surface area contributed by atoms with Crippen LogP contribution in [0.3, 0.4) is 0 Å². The Morgan fingerprint density at radius 2 is 2.12 bits per heavy atom. The molecule has 2 N–H and O–H groups in total. The smallest absolute Gasteiger partial charge is 0.354 e. The molecule has 0 radical (unpaired) electrons. The molecule has 0 saturated carbocycles. The van der Waals surface area contributed by atoms with Crippen LogP contribution in [0.25, 0.3) is 0 Å². The molecule has 0 unspecified atom stereocenters. The first-order chi connectivity index (χ1) is 7.59. The van der Waals surface area contributed by atoms with Gasteiger partial charge < -0.3 is 10.4 Å².